The first-order chi connectivity index (χ1) is 9.04. The number of carbonyl (C=O) groups is 1. The molecule has 0 unspecified atom stereocenters. The Bertz CT molecular complexity index is 411. The number of nitrogens with one attached hydrogen (secondary N) is 1. The maximum atomic E-state index is 12.0. The molecule has 2 rings (SSSR count). The Morgan fingerprint density at radius 1 is 1.26 bits per heavy atom. The van der Waals surface area contributed by atoms with Gasteiger partial charge in [0.05, 0.1) is 5.25 Å². The number of rotatable bonds is 6. The lowest BCUT2D eigenvalue weighted by Gasteiger charge is -2.31. The second-order valence-corrected chi connectivity index (χ2v) is 7.54. The molecule has 0 aromatic heterocycles. The topological polar surface area (TPSA) is 75.7 Å². The average Bonchev–Trinajstić information content (AvgIpc) is 3.22. The molecule has 0 bridgehead atoms. The van der Waals surface area contributed by atoms with Crippen LogP contribution in [0.5, 0.6) is 0 Å². The molecular formula is C12H22N2O4S. The molecule has 1 amide bonds. The summed E-state index contributed by atoms with van der Waals surface area (Å²) >= 11 is 0. The van der Waals surface area contributed by atoms with Gasteiger partial charge in [0.2, 0.25) is 15.9 Å². The number of carbonyl (C=O) groups excluding carboxylic acids is 1. The number of nitrogens with zero attached hydrogens (tertiary/aromatic N) is 1. The van der Waals surface area contributed by atoms with E-state index >= 15 is 0 Å². The van der Waals surface area contributed by atoms with Gasteiger partial charge in [-0.3, -0.25) is 4.79 Å². The molecule has 0 radical (unpaired) electrons. The molecule has 0 atom stereocenters. The van der Waals surface area contributed by atoms with Crippen LogP contribution in [0.3, 0.4) is 0 Å². The fraction of sp³-hybridized carbons (Fsp3) is 0.917. The van der Waals surface area contributed by atoms with Gasteiger partial charge in [-0.25, -0.2) is 12.7 Å². The molecule has 6 nitrogen and oxygen atoms in total. The highest BCUT2D eigenvalue weighted by molar-refractivity contribution is 7.90. The van der Waals surface area contributed by atoms with Crippen molar-refractivity contribution in [1.82, 2.24) is 9.62 Å². The zero-order valence-electron chi connectivity index (χ0n) is 11.3. The number of sulfonamides is 1. The highest BCUT2D eigenvalue weighted by atomic mass is 32.2. The van der Waals surface area contributed by atoms with Gasteiger partial charge in [0, 0.05) is 26.7 Å². The van der Waals surface area contributed by atoms with E-state index in [1.54, 1.807) is 4.31 Å². The highest BCUT2D eigenvalue weighted by Crippen LogP contribution is 2.32. The molecule has 2 fully saturated rings. The summed E-state index contributed by atoms with van der Waals surface area (Å²) in [5.41, 5.74) is 0. The van der Waals surface area contributed by atoms with Crippen LogP contribution in [0.15, 0.2) is 0 Å². The second-order valence-electron chi connectivity index (χ2n) is 5.32. The summed E-state index contributed by atoms with van der Waals surface area (Å²) in [6.07, 6.45) is 3.27. The Hall–Kier alpha value is -0.660. The van der Waals surface area contributed by atoms with Crippen molar-refractivity contribution in [3.8, 4) is 0 Å². The third-order valence-electron chi connectivity index (χ3n) is 3.74. The van der Waals surface area contributed by atoms with Gasteiger partial charge in [0.1, 0.15) is 6.61 Å². The van der Waals surface area contributed by atoms with Crippen molar-refractivity contribution in [2.45, 2.75) is 30.9 Å². The number of piperidine rings is 1. The minimum absolute atomic E-state index is 0.0783. The predicted octanol–water partition coefficient (Wildman–Crippen LogP) is -0.0468. The number of hydrogen-bond donors (Lipinski definition) is 1. The van der Waals surface area contributed by atoms with E-state index in [0.29, 0.717) is 25.6 Å². The molecule has 0 spiro atoms. The van der Waals surface area contributed by atoms with Gasteiger partial charge in [0.15, 0.2) is 0 Å². The summed E-state index contributed by atoms with van der Waals surface area (Å²) in [7, 11) is -1.54. The largest absolute Gasteiger partial charge is 0.375 e. The monoisotopic (exact) mass is 290 g/mol. The van der Waals surface area contributed by atoms with Crippen LogP contribution in [-0.2, 0) is 19.6 Å². The van der Waals surface area contributed by atoms with Crippen molar-refractivity contribution in [1.29, 1.82) is 0 Å². The van der Waals surface area contributed by atoms with Crippen LogP contribution in [-0.4, -0.2) is 57.2 Å². The lowest BCUT2D eigenvalue weighted by atomic mass is 9.98. The molecule has 0 aromatic carbocycles. The molecule has 110 valence electrons. The average molecular weight is 290 g/mol. The maximum absolute atomic E-state index is 12.0. The van der Waals surface area contributed by atoms with Crippen LogP contribution < -0.4 is 5.32 Å². The molecular weight excluding hydrogens is 268 g/mol. The Kier molecular flexibility index (Phi) is 4.81. The Morgan fingerprint density at radius 3 is 2.42 bits per heavy atom. The summed E-state index contributed by atoms with van der Waals surface area (Å²) in [4.78, 5) is 11.3. The molecule has 7 heteroatoms. The molecule has 2 aliphatic rings. The molecule has 0 aromatic rings. The number of amides is 1. The SMILES string of the molecule is COCC(=O)NCC1CCN(S(=O)(=O)C2CC2)CC1. The molecule has 1 saturated carbocycles. The zero-order chi connectivity index (χ0) is 13.9. The van der Waals surface area contributed by atoms with Crippen LogP contribution in [0, 0.1) is 5.92 Å². The zero-order valence-corrected chi connectivity index (χ0v) is 12.1. The molecule has 1 saturated heterocycles. The van der Waals surface area contributed by atoms with Crippen LogP contribution in [0.25, 0.3) is 0 Å². The van der Waals surface area contributed by atoms with Crippen molar-refractivity contribution >= 4 is 15.9 Å². The van der Waals surface area contributed by atoms with Gasteiger partial charge in [-0.2, -0.15) is 0 Å². The smallest absolute Gasteiger partial charge is 0.245 e. The van der Waals surface area contributed by atoms with Crippen molar-refractivity contribution in [2.75, 3.05) is 33.4 Å². The third-order valence-corrected chi connectivity index (χ3v) is 6.14. The first-order valence-electron chi connectivity index (χ1n) is 6.78. The maximum Gasteiger partial charge on any atom is 0.245 e. The van der Waals surface area contributed by atoms with E-state index < -0.39 is 10.0 Å². The Balaban J connectivity index is 1.72. The standard InChI is InChI=1S/C12H22N2O4S/c1-18-9-12(15)13-8-10-4-6-14(7-5-10)19(16,17)11-2-3-11/h10-11H,2-9H2,1H3,(H,13,15). The van der Waals surface area contributed by atoms with Gasteiger partial charge in [0.25, 0.3) is 0 Å². The number of hydrogen-bond acceptors (Lipinski definition) is 4. The van der Waals surface area contributed by atoms with Gasteiger partial charge in [-0.1, -0.05) is 0 Å². The van der Waals surface area contributed by atoms with E-state index in [4.69, 9.17) is 4.74 Å². The van der Waals surface area contributed by atoms with E-state index in [9.17, 15) is 13.2 Å². The van der Waals surface area contributed by atoms with E-state index in [2.05, 4.69) is 5.32 Å². The normalized spacial score (nSPS) is 22.4. The lowest BCUT2D eigenvalue weighted by molar-refractivity contribution is -0.124. The van der Waals surface area contributed by atoms with Crippen molar-refractivity contribution in [3.05, 3.63) is 0 Å². The van der Waals surface area contributed by atoms with Crippen LogP contribution in [0.4, 0.5) is 0 Å². The first-order valence-corrected chi connectivity index (χ1v) is 8.29. The summed E-state index contributed by atoms with van der Waals surface area (Å²) in [6, 6.07) is 0. The van der Waals surface area contributed by atoms with E-state index in [1.807, 2.05) is 0 Å². The van der Waals surface area contributed by atoms with Crippen molar-refractivity contribution < 1.29 is 17.9 Å². The predicted molar refractivity (Wildman–Crippen MR) is 71.1 cm³/mol. The summed E-state index contributed by atoms with van der Waals surface area (Å²) in [5.74, 6) is 0.252. The first kappa shape index (κ1) is 14.7. The van der Waals surface area contributed by atoms with E-state index in [1.165, 1.54) is 7.11 Å². The van der Waals surface area contributed by atoms with Gasteiger partial charge in [-0.15, -0.1) is 0 Å². The molecule has 1 aliphatic carbocycles. The second kappa shape index (κ2) is 6.19. The molecule has 1 heterocycles. The van der Waals surface area contributed by atoms with Crippen molar-refractivity contribution in [3.63, 3.8) is 0 Å². The minimum atomic E-state index is -3.03. The number of methoxy groups -OCH3 is 1. The van der Waals surface area contributed by atoms with Crippen LogP contribution >= 0.6 is 0 Å². The van der Waals surface area contributed by atoms with E-state index in [0.717, 1.165) is 25.7 Å². The lowest BCUT2D eigenvalue weighted by Crippen LogP contribution is -2.43. The molecule has 1 aliphatic heterocycles. The van der Waals surface area contributed by atoms with Crippen LogP contribution in [0.1, 0.15) is 25.7 Å². The summed E-state index contributed by atoms with van der Waals surface area (Å²) in [5, 5.41) is 2.69. The number of ether oxygens (including phenoxy) is 1. The summed E-state index contributed by atoms with van der Waals surface area (Å²) in [6.45, 7) is 1.86. The fourth-order valence-corrected chi connectivity index (χ4v) is 4.26. The minimum Gasteiger partial charge on any atom is -0.375 e. The Labute approximate surface area is 114 Å². The van der Waals surface area contributed by atoms with Gasteiger partial charge < -0.3 is 10.1 Å². The van der Waals surface area contributed by atoms with Crippen LogP contribution in [0.2, 0.25) is 0 Å². The summed E-state index contributed by atoms with van der Waals surface area (Å²) < 4.78 is 30.5. The van der Waals surface area contributed by atoms with Gasteiger partial charge in [-0.05, 0) is 31.6 Å². The van der Waals surface area contributed by atoms with Gasteiger partial charge >= 0.3 is 0 Å². The van der Waals surface area contributed by atoms with E-state index in [-0.39, 0.29) is 17.8 Å². The Morgan fingerprint density at radius 2 is 1.89 bits per heavy atom. The quantitative estimate of drug-likeness (QED) is 0.744. The molecule has 1 N–H and O–H groups in total. The molecule has 19 heavy (non-hydrogen) atoms. The highest BCUT2D eigenvalue weighted by Gasteiger charge is 2.41. The third kappa shape index (κ3) is 3.90. The van der Waals surface area contributed by atoms with Crippen molar-refractivity contribution in [2.24, 2.45) is 5.92 Å². The fourth-order valence-electron chi connectivity index (χ4n) is 2.38.